The smallest absolute Gasteiger partial charge is 0.303 e. The van der Waals surface area contributed by atoms with Crippen molar-refractivity contribution >= 4 is 23.8 Å². The first kappa shape index (κ1) is 29.9. The molecule has 0 saturated heterocycles. The monoisotopic (exact) mass is 457 g/mol. The van der Waals surface area contributed by atoms with Gasteiger partial charge in [-0.3, -0.25) is 19.2 Å². The molecule has 0 aromatic heterocycles. The van der Waals surface area contributed by atoms with Crippen LogP contribution in [0.3, 0.4) is 0 Å². The highest BCUT2D eigenvalue weighted by atomic mass is 16.6. The third kappa shape index (κ3) is 16.6. The first-order valence-electron chi connectivity index (χ1n) is 11.9. The minimum Gasteiger partial charge on any atom is -0.464 e. The highest BCUT2D eigenvalue weighted by Crippen LogP contribution is 2.19. The Labute approximate surface area is 193 Å². The van der Waals surface area contributed by atoms with Crippen LogP contribution in [0.15, 0.2) is 0 Å². The van der Waals surface area contributed by atoms with Crippen LogP contribution < -0.4 is 5.32 Å². The van der Waals surface area contributed by atoms with Gasteiger partial charge in [-0.15, -0.1) is 0 Å². The van der Waals surface area contributed by atoms with Gasteiger partial charge in [-0.1, -0.05) is 64.7 Å². The van der Waals surface area contributed by atoms with E-state index >= 15 is 0 Å². The predicted octanol–water partition coefficient (Wildman–Crippen LogP) is 4.23. The van der Waals surface area contributed by atoms with E-state index in [2.05, 4.69) is 12.2 Å². The number of carbonyl (C=O) groups excluding carboxylic acids is 4. The lowest BCUT2D eigenvalue weighted by Crippen LogP contribution is -2.53. The molecule has 0 aliphatic rings. The predicted molar refractivity (Wildman–Crippen MR) is 122 cm³/mol. The van der Waals surface area contributed by atoms with Gasteiger partial charge in [0.15, 0.2) is 6.10 Å². The van der Waals surface area contributed by atoms with Crippen LogP contribution in [-0.2, 0) is 33.4 Å². The van der Waals surface area contributed by atoms with Gasteiger partial charge in [0, 0.05) is 27.7 Å². The van der Waals surface area contributed by atoms with Gasteiger partial charge < -0.3 is 19.5 Å². The van der Waals surface area contributed by atoms with Crippen molar-refractivity contribution in [3.8, 4) is 0 Å². The first-order chi connectivity index (χ1) is 15.2. The topological polar surface area (TPSA) is 108 Å². The Morgan fingerprint density at radius 1 is 0.688 bits per heavy atom. The molecule has 8 heteroatoms. The lowest BCUT2D eigenvalue weighted by atomic mass is 9.98. The quantitative estimate of drug-likeness (QED) is 0.186. The Balaban J connectivity index is 4.90. The Morgan fingerprint density at radius 3 is 1.62 bits per heavy atom. The lowest BCUT2D eigenvalue weighted by Gasteiger charge is -2.32. The van der Waals surface area contributed by atoms with Gasteiger partial charge in [0.05, 0.1) is 0 Å². The Bertz CT molecular complexity index is 565. The summed E-state index contributed by atoms with van der Waals surface area (Å²) in [7, 11) is 0. The summed E-state index contributed by atoms with van der Waals surface area (Å²) in [5, 5.41) is 2.65. The van der Waals surface area contributed by atoms with Gasteiger partial charge in [-0.2, -0.15) is 0 Å². The van der Waals surface area contributed by atoms with Crippen molar-refractivity contribution in [2.75, 3.05) is 6.61 Å². The Kier molecular flexibility index (Phi) is 17.2. The van der Waals surface area contributed by atoms with Crippen molar-refractivity contribution in [1.29, 1.82) is 0 Å². The number of amides is 1. The molecule has 8 nitrogen and oxygen atoms in total. The van der Waals surface area contributed by atoms with Crippen molar-refractivity contribution in [3.63, 3.8) is 0 Å². The summed E-state index contributed by atoms with van der Waals surface area (Å²) in [4.78, 5) is 46.4. The lowest BCUT2D eigenvalue weighted by molar-refractivity contribution is -0.171. The van der Waals surface area contributed by atoms with Crippen molar-refractivity contribution in [2.24, 2.45) is 0 Å². The second kappa shape index (κ2) is 18.5. The number of unbranched alkanes of at least 4 members (excludes halogenated alkanes) is 9. The molecular weight excluding hydrogens is 414 g/mol. The van der Waals surface area contributed by atoms with E-state index in [0.717, 1.165) is 19.3 Å². The van der Waals surface area contributed by atoms with Gasteiger partial charge in [0.25, 0.3) is 0 Å². The van der Waals surface area contributed by atoms with E-state index < -0.39 is 36.2 Å². The fourth-order valence-electron chi connectivity index (χ4n) is 3.63. The maximum absolute atomic E-state index is 11.7. The molecule has 0 radical (unpaired) electrons. The molecule has 1 amide bonds. The summed E-state index contributed by atoms with van der Waals surface area (Å²) >= 11 is 0. The summed E-state index contributed by atoms with van der Waals surface area (Å²) in [6.07, 6.45) is 10.4. The summed E-state index contributed by atoms with van der Waals surface area (Å²) in [5.41, 5.74) is 0. The van der Waals surface area contributed by atoms with Gasteiger partial charge in [-0.25, -0.2) is 0 Å². The zero-order valence-electron chi connectivity index (χ0n) is 20.6. The fourth-order valence-corrected chi connectivity index (χ4v) is 3.63. The minimum absolute atomic E-state index is 0.192. The number of nitrogens with one attached hydrogen (secondary N) is 1. The highest BCUT2D eigenvalue weighted by molar-refractivity contribution is 5.73. The molecule has 0 aromatic carbocycles. The molecule has 0 saturated carbocycles. The summed E-state index contributed by atoms with van der Waals surface area (Å²) in [6.45, 7) is 7.12. The third-order valence-electron chi connectivity index (χ3n) is 5.08. The maximum Gasteiger partial charge on any atom is 0.303 e. The molecule has 0 bridgehead atoms. The maximum atomic E-state index is 11.7. The van der Waals surface area contributed by atoms with Crippen molar-refractivity contribution in [3.05, 3.63) is 0 Å². The van der Waals surface area contributed by atoms with Gasteiger partial charge in [-0.05, 0) is 12.8 Å². The molecule has 0 aliphatic heterocycles. The van der Waals surface area contributed by atoms with E-state index in [9.17, 15) is 19.2 Å². The van der Waals surface area contributed by atoms with E-state index in [1.165, 1.54) is 72.6 Å². The second-order valence-corrected chi connectivity index (χ2v) is 8.30. The number of carbonyl (C=O) groups is 4. The molecule has 0 heterocycles. The zero-order chi connectivity index (χ0) is 24.4. The number of hydrogen-bond acceptors (Lipinski definition) is 7. The molecule has 186 valence electrons. The minimum atomic E-state index is -0.960. The third-order valence-corrected chi connectivity index (χ3v) is 5.08. The van der Waals surface area contributed by atoms with E-state index in [1.54, 1.807) is 0 Å². The molecule has 0 fully saturated rings. The second-order valence-electron chi connectivity index (χ2n) is 8.30. The SMILES string of the molecule is CCCCCCCCCCCC[C@H](OC(C)=O)[C@@H](OC(C)=O)[C@H](COC(C)=O)NC(C)=O. The van der Waals surface area contributed by atoms with Crippen molar-refractivity contribution in [1.82, 2.24) is 5.32 Å². The molecule has 32 heavy (non-hydrogen) atoms. The van der Waals surface area contributed by atoms with Crippen LogP contribution in [0.5, 0.6) is 0 Å². The average Bonchev–Trinajstić information content (AvgIpc) is 2.69. The van der Waals surface area contributed by atoms with Crippen LogP contribution in [0.1, 0.15) is 105 Å². The van der Waals surface area contributed by atoms with Gasteiger partial charge in [0.2, 0.25) is 5.91 Å². The molecule has 0 unspecified atom stereocenters. The van der Waals surface area contributed by atoms with Crippen LogP contribution in [0, 0.1) is 0 Å². The van der Waals surface area contributed by atoms with Crippen LogP contribution in [0.4, 0.5) is 0 Å². The molecule has 0 rings (SSSR count). The normalized spacial score (nSPS) is 13.5. The van der Waals surface area contributed by atoms with E-state index in [1.807, 2.05) is 0 Å². The molecule has 0 aliphatic carbocycles. The fraction of sp³-hybridized carbons (Fsp3) is 0.833. The van der Waals surface area contributed by atoms with Gasteiger partial charge in [0.1, 0.15) is 18.8 Å². The van der Waals surface area contributed by atoms with Crippen LogP contribution in [0.2, 0.25) is 0 Å². The average molecular weight is 458 g/mol. The first-order valence-corrected chi connectivity index (χ1v) is 11.9. The van der Waals surface area contributed by atoms with E-state index in [-0.39, 0.29) is 12.5 Å². The van der Waals surface area contributed by atoms with E-state index in [0.29, 0.717) is 6.42 Å². The summed E-state index contributed by atoms with van der Waals surface area (Å²) in [6, 6.07) is -0.826. The van der Waals surface area contributed by atoms with Crippen molar-refractivity contribution < 1.29 is 33.4 Å². The zero-order valence-corrected chi connectivity index (χ0v) is 20.6. The van der Waals surface area contributed by atoms with Gasteiger partial charge >= 0.3 is 17.9 Å². The molecule has 3 atom stereocenters. The standard InChI is InChI=1S/C24H43NO7/c1-6-7-8-9-10-11-12-13-14-15-16-23(31-20(4)28)24(32-21(5)29)22(25-18(2)26)17-30-19(3)27/h22-24H,6-17H2,1-5H3,(H,25,26)/t22-,23-,24-/m0/s1. The molecule has 0 spiro atoms. The summed E-state index contributed by atoms with van der Waals surface area (Å²) < 4.78 is 15.9. The Morgan fingerprint density at radius 2 is 1.19 bits per heavy atom. The van der Waals surface area contributed by atoms with E-state index in [4.69, 9.17) is 14.2 Å². The molecule has 1 N–H and O–H groups in total. The molecule has 0 aromatic rings. The highest BCUT2D eigenvalue weighted by Gasteiger charge is 2.35. The molecular formula is C24H43NO7. The summed E-state index contributed by atoms with van der Waals surface area (Å²) in [5.74, 6) is -1.98. The number of hydrogen-bond donors (Lipinski definition) is 1. The largest absolute Gasteiger partial charge is 0.464 e. The Hall–Kier alpha value is -2.12. The number of rotatable bonds is 18. The number of esters is 3. The van der Waals surface area contributed by atoms with Crippen LogP contribution in [-0.4, -0.2) is 48.7 Å². The van der Waals surface area contributed by atoms with Crippen LogP contribution >= 0.6 is 0 Å². The van der Waals surface area contributed by atoms with Crippen molar-refractivity contribution in [2.45, 2.75) is 123 Å². The number of ether oxygens (including phenoxy) is 3. The van der Waals surface area contributed by atoms with Crippen LogP contribution in [0.25, 0.3) is 0 Å².